The molecule has 0 aliphatic carbocycles. The largest absolute Gasteiger partial charge is 0.349 e. The highest BCUT2D eigenvalue weighted by Gasteiger charge is 2.22. The van der Waals surface area contributed by atoms with Crippen molar-refractivity contribution in [2.24, 2.45) is 5.92 Å². The van der Waals surface area contributed by atoms with Crippen molar-refractivity contribution in [3.05, 3.63) is 48.3 Å². The summed E-state index contributed by atoms with van der Waals surface area (Å²) in [5, 5.41) is 10.7. The van der Waals surface area contributed by atoms with Gasteiger partial charge in [0.1, 0.15) is 0 Å². The number of amides is 1. The molecule has 116 valence electrons. The Bertz CT molecular complexity index is 617. The highest BCUT2D eigenvalue weighted by molar-refractivity contribution is 5.79. The topological polar surface area (TPSA) is 59.0 Å². The van der Waals surface area contributed by atoms with E-state index in [1.807, 2.05) is 42.1 Å². The second-order valence-electron chi connectivity index (χ2n) is 5.80. The van der Waals surface area contributed by atoms with Gasteiger partial charge in [-0.1, -0.05) is 12.1 Å². The second-order valence-corrected chi connectivity index (χ2v) is 5.80. The molecule has 5 heteroatoms. The van der Waals surface area contributed by atoms with Gasteiger partial charge in [-0.2, -0.15) is 5.10 Å². The van der Waals surface area contributed by atoms with E-state index < -0.39 is 0 Å². The van der Waals surface area contributed by atoms with Gasteiger partial charge < -0.3 is 10.6 Å². The molecule has 1 unspecified atom stereocenters. The van der Waals surface area contributed by atoms with Crippen LogP contribution in [0.2, 0.25) is 0 Å². The average molecular weight is 298 g/mol. The number of aromatic nitrogens is 2. The van der Waals surface area contributed by atoms with Gasteiger partial charge in [0.05, 0.1) is 11.7 Å². The number of nitrogens with zero attached hydrogens (tertiary/aromatic N) is 2. The quantitative estimate of drug-likeness (QED) is 0.908. The number of carbonyl (C=O) groups excluding carboxylic acids is 1. The molecule has 1 amide bonds. The Morgan fingerprint density at radius 3 is 2.91 bits per heavy atom. The van der Waals surface area contributed by atoms with Crippen LogP contribution in [0.1, 0.15) is 31.4 Å². The Balaban J connectivity index is 1.68. The van der Waals surface area contributed by atoms with Gasteiger partial charge in [0.25, 0.3) is 0 Å². The van der Waals surface area contributed by atoms with E-state index >= 15 is 0 Å². The first kappa shape index (κ1) is 14.8. The maximum atomic E-state index is 12.3. The molecule has 1 aliphatic heterocycles. The maximum Gasteiger partial charge on any atom is 0.223 e. The number of hydrogen-bond acceptors (Lipinski definition) is 3. The second kappa shape index (κ2) is 6.75. The molecule has 2 N–H and O–H groups in total. The first-order valence-electron chi connectivity index (χ1n) is 7.85. The lowest BCUT2D eigenvalue weighted by molar-refractivity contribution is -0.126. The van der Waals surface area contributed by atoms with Crippen molar-refractivity contribution in [2.45, 2.75) is 25.8 Å². The molecular weight excluding hydrogens is 276 g/mol. The summed E-state index contributed by atoms with van der Waals surface area (Å²) >= 11 is 0. The molecule has 1 atom stereocenters. The van der Waals surface area contributed by atoms with Crippen molar-refractivity contribution in [3.63, 3.8) is 0 Å². The van der Waals surface area contributed by atoms with Gasteiger partial charge in [-0.25, -0.2) is 4.68 Å². The first-order valence-corrected chi connectivity index (χ1v) is 7.85. The van der Waals surface area contributed by atoms with Gasteiger partial charge in [0.2, 0.25) is 5.91 Å². The number of nitrogens with one attached hydrogen (secondary N) is 2. The van der Waals surface area contributed by atoms with Crippen molar-refractivity contribution in [2.75, 3.05) is 13.1 Å². The number of rotatable bonds is 4. The number of benzene rings is 1. The molecule has 1 fully saturated rings. The van der Waals surface area contributed by atoms with Gasteiger partial charge in [0.15, 0.2) is 0 Å². The summed E-state index contributed by atoms with van der Waals surface area (Å²) in [5.74, 6) is 0.302. The van der Waals surface area contributed by atoms with E-state index in [0.29, 0.717) is 0 Å². The van der Waals surface area contributed by atoms with Crippen LogP contribution in [0.3, 0.4) is 0 Å². The molecule has 1 aromatic heterocycles. The SMILES string of the molecule is CC(NC(=O)C1CCNCC1)c1cccc(-n2cccn2)c1. The Hall–Kier alpha value is -2.14. The summed E-state index contributed by atoms with van der Waals surface area (Å²) in [5.41, 5.74) is 2.10. The molecule has 1 aromatic carbocycles. The van der Waals surface area contributed by atoms with E-state index in [-0.39, 0.29) is 17.9 Å². The third-order valence-corrected chi connectivity index (χ3v) is 4.21. The summed E-state index contributed by atoms with van der Waals surface area (Å²) in [6.45, 7) is 3.89. The van der Waals surface area contributed by atoms with Crippen LogP contribution < -0.4 is 10.6 Å². The zero-order valence-electron chi connectivity index (χ0n) is 12.8. The summed E-state index contributed by atoms with van der Waals surface area (Å²) in [6, 6.07) is 10.0. The molecule has 3 rings (SSSR count). The highest BCUT2D eigenvalue weighted by Crippen LogP contribution is 2.19. The van der Waals surface area contributed by atoms with Gasteiger partial charge >= 0.3 is 0 Å². The standard InChI is InChI=1S/C17H22N4O/c1-13(20-17(22)14-6-9-18-10-7-14)15-4-2-5-16(12-15)21-11-3-8-19-21/h2-5,8,11-14,18H,6-7,9-10H2,1H3,(H,20,22). The van der Waals surface area contributed by atoms with Gasteiger partial charge in [-0.15, -0.1) is 0 Å². The molecule has 22 heavy (non-hydrogen) atoms. The number of carbonyl (C=O) groups is 1. The highest BCUT2D eigenvalue weighted by atomic mass is 16.1. The Morgan fingerprint density at radius 2 is 2.18 bits per heavy atom. The molecule has 5 nitrogen and oxygen atoms in total. The van der Waals surface area contributed by atoms with Crippen molar-refractivity contribution in [1.82, 2.24) is 20.4 Å². The Labute approximate surface area is 130 Å². The average Bonchev–Trinajstić information content (AvgIpc) is 3.10. The van der Waals surface area contributed by atoms with Crippen molar-refractivity contribution >= 4 is 5.91 Å². The first-order chi connectivity index (χ1) is 10.7. The lowest BCUT2D eigenvalue weighted by Gasteiger charge is -2.24. The fourth-order valence-electron chi connectivity index (χ4n) is 2.86. The summed E-state index contributed by atoms with van der Waals surface area (Å²) in [4.78, 5) is 12.3. The van der Waals surface area contributed by atoms with Gasteiger partial charge in [-0.3, -0.25) is 4.79 Å². The summed E-state index contributed by atoms with van der Waals surface area (Å²) < 4.78 is 1.82. The predicted molar refractivity (Wildman–Crippen MR) is 85.7 cm³/mol. The maximum absolute atomic E-state index is 12.3. The monoisotopic (exact) mass is 298 g/mol. The fourth-order valence-corrected chi connectivity index (χ4v) is 2.86. The van der Waals surface area contributed by atoms with Crippen LogP contribution in [0.5, 0.6) is 0 Å². The molecule has 0 bridgehead atoms. The van der Waals surface area contributed by atoms with Crippen LogP contribution in [-0.4, -0.2) is 28.8 Å². The van der Waals surface area contributed by atoms with Crippen molar-refractivity contribution < 1.29 is 4.79 Å². The molecule has 0 spiro atoms. The normalized spacial score (nSPS) is 17.1. The Morgan fingerprint density at radius 1 is 1.36 bits per heavy atom. The van der Waals surface area contributed by atoms with E-state index in [9.17, 15) is 4.79 Å². The van der Waals surface area contributed by atoms with Crippen molar-refractivity contribution in [3.8, 4) is 5.69 Å². The molecule has 1 saturated heterocycles. The van der Waals surface area contributed by atoms with Gasteiger partial charge in [-0.05, 0) is 56.6 Å². The molecule has 0 radical (unpaired) electrons. The number of hydrogen-bond donors (Lipinski definition) is 2. The van der Waals surface area contributed by atoms with E-state index in [1.165, 1.54) is 0 Å². The molecule has 2 heterocycles. The lowest BCUT2D eigenvalue weighted by atomic mass is 9.96. The molecule has 2 aromatic rings. The Kier molecular flexibility index (Phi) is 4.53. The predicted octanol–water partition coefficient (Wildman–Crippen LogP) is 2.05. The summed E-state index contributed by atoms with van der Waals surface area (Å²) in [7, 11) is 0. The molecule has 1 aliphatic rings. The van der Waals surface area contributed by atoms with E-state index in [1.54, 1.807) is 6.20 Å². The van der Waals surface area contributed by atoms with E-state index in [2.05, 4.69) is 21.8 Å². The third kappa shape index (κ3) is 3.36. The van der Waals surface area contributed by atoms with Crippen LogP contribution in [0, 0.1) is 5.92 Å². The van der Waals surface area contributed by atoms with Crippen LogP contribution in [0.15, 0.2) is 42.7 Å². The molecular formula is C17H22N4O. The fraction of sp³-hybridized carbons (Fsp3) is 0.412. The zero-order valence-corrected chi connectivity index (χ0v) is 12.8. The lowest BCUT2D eigenvalue weighted by Crippen LogP contribution is -2.39. The minimum atomic E-state index is -0.00195. The third-order valence-electron chi connectivity index (χ3n) is 4.21. The van der Waals surface area contributed by atoms with E-state index in [4.69, 9.17) is 0 Å². The minimum absolute atomic E-state index is 0.00195. The van der Waals surface area contributed by atoms with Crippen molar-refractivity contribution in [1.29, 1.82) is 0 Å². The minimum Gasteiger partial charge on any atom is -0.349 e. The smallest absolute Gasteiger partial charge is 0.223 e. The van der Waals surface area contributed by atoms with E-state index in [0.717, 1.165) is 37.2 Å². The van der Waals surface area contributed by atoms with Crippen LogP contribution >= 0.6 is 0 Å². The zero-order chi connectivity index (χ0) is 15.4. The molecule has 0 saturated carbocycles. The summed E-state index contributed by atoms with van der Waals surface area (Å²) in [6.07, 6.45) is 5.52. The van der Waals surface area contributed by atoms with Crippen LogP contribution in [0.25, 0.3) is 5.69 Å². The van der Waals surface area contributed by atoms with Crippen LogP contribution in [0.4, 0.5) is 0 Å². The van der Waals surface area contributed by atoms with Gasteiger partial charge in [0, 0.05) is 18.3 Å². The number of piperidine rings is 1. The van der Waals surface area contributed by atoms with Crippen LogP contribution in [-0.2, 0) is 4.79 Å².